The molecule has 5 aromatic heterocycles. The smallest absolute Gasteiger partial charge is 0.159 e. The minimum atomic E-state index is -0.928. The van der Waals surface area contributed by atoms with E-state index in [0.717, 1.165) is 102 Å². The van der Waals surface area contributed by atoms with E-state index in [4.69, 9.17) is 0 Å². The quantitative estimate of drug-likeness (QED) is 0.128. The van der Waals surface area contributed by atoms with E-state index in [-0.39, 0.29) is 46.5 Å². The van der Waals surface area contributed by atoms with Gasteiger partial charge in [-0.1, -0.05) is 127 Å². The summed E-state index contributed by atoms with van der Waals surface area (Å²) in [6.45, 7) is 3.78. The Morgan fingerprint density at radius 3 is 0.755 bits per heavy atom. The van der Waals surface area contributed by atoms with Gasteiger partial charge in [0.15, 0.2) is 11.6 Å². The molecule has 502 valence electrons. The number of aromatic nitrogens is 5. The highest BCUT2D eigenvalue weighted by molar-refractivity contribution is 5.85. The van der Waals surface area contributed by atoms with Crippen LogP contribution in [0.15, 0.2) is 322 Å². The fraction of sp³-hybridized carbons (Fsp3) is 0.0230. The van der Waals surface area contributed by atoms with Crippen molar-refractivity contribution in [3.8, 4) is 112 Å². The molecule has 0 fully saturated rings. The highest BCUT2D eigenvalue weighted by Crippen LogP contribution is 2.36. The van der Waals surface area contributed by atoms with Crippen molar-refractivity contribution in [1.29, 1.82) is 0 Å². The van der Waals surface area contributed by atoms with Crippen molar-refractivity contribution in [2.75, 3.05) is 0 Å². The van der Waals surface area contributed by atoms with Gasteiger partial charge in [-0.3, -0.25) is 24.9 Å². The molecule has 0 bridgehead atoms. The molecule has 0 radical (unpaired) electrons. The predicted octanol–water partition coefficient (Wildman–Crippen LogP) is 24.1. The van der Waals surface area contributed by atoms with Crippen molar-refractivity contribution in [2.45, 2.75) is 13.8 Å². The molecule has 0 aliphatic carbocycles. The first-order chi connectivity index (χ1) is 49.5. The summed E-state index contributed by atoms with van der Waals surface area (Å²) in [5.41, 5.74) is 18.0. The SMILES string of the molecule is Cc1cc(-c2ncccc2-c2ccc(F)cc2)ccc1F.Cc1cccc(-c2ncccc2-c2ccc(F)cc2)c1.Fc1ccc(-c2cccnc2-c2ccc(F)c(F)c2)cc1.Fc1ccc(-c2cccnc2-c2ccc(F)cc2)cc1.Fc1ccc(-c2cccnc2-c2cccc(F)c2)cc1. The highest BCUT2D eigenvalue weighted by atomic mass is 19.2. The van der Waals surface area contributed by atoms with Crippen LogP contribution in [0.3, 0.4) is 0 Å². The van der Waals surface area contributed by atoms with E-state index in [0.29, 0.717) is 28.1 Å². The van der Waals surface area contributed by atoms with Gasteiger partial charge in [-0.25, -0.2) is 43.9 Å². The summed E-state index contributed by atoms with van der Waals surface area (Å²) in [5, 5.41) is 0. The molecule has 0 unspecified atom stereocenters. The molecule has 15 aromatic rings. The molecule has 15 rings (SSSR count). The second kappa shape index (κ2) is 33.7. The number of hydrogen-bond acceptors (Lipinski definition) is 5. The summed E-state index contributed by atoms with van der Waals surface area (Å²) in [7, 11) is 0. The summed E-state index contributed by atoms with van der Waals surface area (Å²) >= 11 is 0. The van der Waals surface area contributed by atoms with Gasteiger partial charge >= 0.3 is 0 Å². The Bertz CT molecular complexity index is 4960. The lowest BCUT2D eigenvalue weighted by Gasteiger charge is -2.10. The number of nitrogens with zero attached hydrogens (tertiary/aromatic N) is 5. The average molecular weight is 1360 g/mol. The minimum absolute atomic E-state index is 0.227. The maximum atomic E-state index is 13.4. The fourth-order valence-corrected chi connectivity index (χ4v) is 11.0. The van der Waals surface area contributed by atoms with Gasteiger partial charge in [0.1, 0.15) is 46.5 Å². The van der Waals surface area contributed by atoms with Crippen LogP contribution in [0.1, 0.15) is 11.1 Å². The fourth-order valence-electron chi connectivity index (χ4n) is 11.0. The zero-order chi connectivity index (χ0) is 71.5. The minimum Gasteiger partial charge on any atom is -0.256 e. The maximum Gasteiger partial charge on any atom is 0.159 e. The van der Waals surface area contributed by atoms with E-state index in [1.54, 1.807) is 147 Å². The Morgan fingerprint density at radius 2 is 0.451 bits per heavy atom. The third-order valence-corrected chi connectivity index (χ3v) is 15.9. The largest absolute Gasteiger partial charge is 0.256 e. The summed E-state index contributed by atoms with van der Waals surface area (Å²) in [6.07, 6.45) is 8.40. The molecule has 0 N–H and O–H groups in total. The van der Waals surface area contributed by atoms with E-state index in [1.165, 1.54) is 103 Å². The van der Waals surface area contributed by atoms with Crippen molar-refractivity contribution in [2.24, 2.45) is 0 Å². The van der Waals surface area contributed by atoms with Crippen LogP contribution >= 0.6 is 0 Å². The third-order valence-electron chi connectivity index (χ3n) is 15.9. The molecule has 10 aromatic carbocycles. The van der Waals surface area contributed by atoms with E-state index < -0.39 is 11.6 Å². The van der Waals surface area contributed by atoms with E-state index >= 15 is 0 Å². The van der Waals surface area contributed by atoms with Crippen LogP contribution in [0, 0.1) is 72.0 Å². The molecule has 0 spiro atoms. The van der Waals surface area contributed by atoms with E-state index in [9.17, 15) is 43.9 Å². The zero-order valence-electron chi connectivity index (χ0n) is 54.6. The Labute approximate surface area is 583 Å². The standard InChI is InChI=1S/C18H13F2N.C18H14FN.C17H10F3N.2C17H11F2N/c1-12-11-14(6-9-17(12)20)18-16(3-2-10-21-18)13-4-7-15(19)8-5-13;1-13-4-2-5-15(12-13)18-17(6-3-11-20-18)14-7-9-16(19)10-8-14;18-13-6-3-11(4-7-13)14-2-1-9-21-17(14)12-5-8-15(19)16(20)10-12;18-14-8-6-12(7-9-14)16-5-2-10-20-17(16)13-3-1-4-15(19)11-13;18-14-7-3-12(4-8-14)16-2-1-11-20-17(16)13-5-9-15(19)10-6-13/h2-11H,1H3;2-12H,1H3;1-10H;2*1-11H. The second-order valence-electron chi connectivity index (χ2n) is 23.0. The lowest BCUT2D eigenvalue weighted by Crippen LogP contribution is -1.91. The first-order valence-electron chi connectivity index (χ1n) is 31.9. The number of aryl methyl sites for hydroxylation is 2. The van der Waals surface area contributed by atoms with Gasteiger partial charge in [-0.05, 0) is 217 Å². The summed E-state index contributed by atoms with van der Waals surface area (Å²) < 4.78 is 131. The lowest BCUT2D eigenvalue weighted by molar-refractivity contribution is 0.509. The Hall–Kier alpha value is -12.8. The Balaban J connectivity index is 0.000000128. The van der Waals surface area contributed by atoms with Crippen LogP contribution in [-0.4, -0.2) is 24.9 Å². The molecular weight excluding hydrogens is 1300 g/mol. The topological polar surface area (TPSA) is 64.5 Å². The number of hydrogen-bond donors (Lipinski definition) is 0. The lowest BCUT2D eigenvalue weighted by atomic mass is 9.98. The second-order valence-corrected chi connectivity index (χ2v) is 23.0. The molecule has 0 aliphatic rings. The predicted molar refractivity (Wildman–Crippen MR) is 385 cm³/mol. The van der Waals surface area contributed by atoms with Crippen molar-refractivity contribution in [3.63, 3.8) is 0 Å². The maximum absolute atomic E-state index is 13.4. The average Bonchev–Trinajstić information content (AvgIpc) is 0.844. The van der Waals surface area contributed by atoms with Crippen molar-refractivity contribution >= 4 is 0 Å². The zero-order valence-corrected chi connectivity index (χ0v) is 54.6. The van der Waals surface area contributed by atoms with Crippen LogP contribution in [0.5, 0.6) is 0 Å². The van der Waals surface area contributed by atoms with E-state index in [1.807, 2.05) is 60.7 Å². The molecular formula is C87H59F10N5. The molecule has 5 nitrogen and oxygen atoms in total. The number of pyridine rings is 5. The monoisotopic (exact) mass is 1360 g/mol. The van der Waals surface area contributed by atoms with Gasteiger partial charge in [0.2, 0.25) is 0 Å². The summed E-state index contributed by atoms with van der Waals surface area (Å²) in [5.74, 6) is -4.06. The van der Waals surface area contributed by atoms with Crippen LogP contribution in [0.4, 0.5) is 43.9 Å². The highest BCUT2D eigenvalue weighted by Gasteiger charge is 2.16. The van der Waals surface area contributed by atoms with Gasteiger partial charge in [0.05, 0.1) is 28.5 Å². The Morgan fingerprint density at radius 1 is 0.186 bits per heavy atom. The van der Waals surface area contributed by atoms with Crippen molar-refractivity contribution in [1.82, 2.24) is 24.9 Å². The van der Waals surface area contributed by atoms with Gasteiger partial charge in [-0.2, -0.15) is 0 Å². The Kier molecular flexibility index (Phi) is 23.3. The first-order valence-corrected chi connectivity index (χ1v) is 31.9. The number of rotatable bonds is 10. The molecule has 0 aliphatic heterocycles. The first kappa shape index (κ1) is 70.6. The molecule has 0 atom stereocenters. The van der Waals surface area contributed by atoms with E-state index in [2.05, 4.69) is 44.0 Å². The van der Waals surface area contributed by atoms with Gasteiger partial charge in [-0.15, -0.1) is 0 Å². The normalized spacial score (nSPS) is 10.5. The number of halogens is 10. The summed E-state index contributed by atoms with van der Waals surface area (Å²) in [4.78, 5) is 21.8. The molecule has 0 amide bonds. The van der Waals surface area contributed by atoms with Gasteiger partial charge < -0.3 is 0 Å². The van der Waals surface area contributed by atoms with Gasteiger partial charge in [0.25, 0.3) is 0 Å². The molecule has 5 heterocycles. The van der Waals surface area contributed by atoms with Crippen molar-refractivity contribution in [3.05, 3.63) is 391 Å². The molecule has 102 heavy (non-hydrogen) atoms. The third kappa shape index (κ3) is 18.3. The molecule has 0 saturated carbocycles. The van der Waals surface area contributed by atoms with Crippen LogP contribution in [0.25, 0.3) is 112 Å². The molecule has 0 saturated heterocycles. The van der Waals surface area contributed by atoms with Gasteiger partial charge in [0, 0.05) is 86.6 Å². The number of benzene rings is 10. The van der Waals surface area contributed by atoms with Crippen LogP contribution < -0.4 is 0 Å². The summed E-state index contributed by atoms with van der Waals surface area (Å²) in [6, 6.07) is 79.0. The molecule has 15 heteroatoms. The van der Waals surface area contributed by atoms with Crippen LogP contribution in [0.2, 0.25) is 0 Å². The van der Waals surface area contributed by atoms with Crippen LogP contribution in [-0.2, 0) is 0 Å². The van der Waals surface area contributed by atoms with Crippen molar-refractivity contribution < 1.29 is 43.9 Å².